The molecule has 0 amide bonds. The van der Waals surface area contributed by atoms with Crippen molar-refractivity contribution < 1.29 is 4.39 Å². The van der Waals surface area contributed by atoms with Crippen LogP contribution in [-0.4, -0.2) is 6.04 Å². The minimum atomic E-state index is -0.235. The lowest BCUT2D eigenvalue weighted by Gasteiger charge is -2.17. The van der Waals surface area contributed by atoms with E-state index in [1.165, 1.54) is 17.2 Å². The average Bonchev–Trinajstić information content (AvgIpc) is 2.39. The van der Waals surface area contributed by atoms with Crippen LogP contribution < -0.4 is 11.3 Å². The van der Waals surface area contributed by atoms with E-state index in [0.29, 0.717) is 6.42 Å². The molecule has 2 nitrogen and oxygen atoms in total. The van der Waals surface area contributed by atoms with Gasteiger partial charge >= 0.3 is 0 Å². The standard InChI is InChI=1S/C16H18BrFN2/c1-11-4-2-3-5-13(11)9-16(20-19)8-12-6-14(17)10-15(18)7-12/h2-7,10,16,20H,8-9,19H2,1H3. The van der Waals surface area contributed by atoms with E-state index in [9.17, 15) is 4.39 Å². The Labute approximate surface area is 127 Å². The van der Waals surface area contributed by atoms with Crippen LogP contribution in [0.3, 0.4) is 0 Å². The third kappa shape index (κ3) is 4.13. The topological polar surface area (TPSA) is 38.0 Å². The molecule has 2 aromatic rings. The summed E-state index contributed by atoms with van der Waals surface area (Å²) in [7, 11) is 0. The molecule has 0 saturated carbocycles. The summed E-state index contributed by atoms with van der Waals surface area (Å²) < 4.78 is 14.1. The van der Waals surface area contributed by atoms with Crippen LogP contribution in [0.4, 0.5) is 4.39 Å². The minimum Gasteiger partial charge on any atom is -0.271 e. The first-order valence-corrected chi connectivity index (χ1v) is 7.33. The summed E-state index contributed by atoms with van der Waals surface area (Å²) in [5, 5.41) is 0. The molecule has 2 rings (SSSR count). The zero-order valence-corrected chi connectivity index (χ0v) is 13.0. The second kappa shape index (κ2) is 6.97. The SMILES string of the molecule is Cc1ccccc1CC(Cc1cc(F)cc(Br)c1)NN. The summed E-state index contributed by atoms with van der Waals surface area (Å²) in [5.41, 5.74) is 6.25. The lowest BCUT2D eigenvalue weighted by atomic mass is 9.97. The Kier molecular flexibility index (Phi) is 5.29. The van der Waals surface area contributed by atoms with E-state index in [0.717, 1.165) is 16.5 Å². The van der Waals surface area contributed by atoms with Crippen LogP contribution in [-0.2, 0) is 12.8 Å². The third-order valence-electron chi connectivity index (χ3n) is 3.37. The van der Waals surface area contributed by atoms with Gasteiger partial charge in [-0.15, -0.1) is 0 Å². The molecule has 0 aromatic heterocycles. The fraction of sp³-hybridized carbons (Fsp3) is 0.250. The van der Waals surface area contributed by atoms with Gasteiger partial charge in [0.2, 0.25) is 0 Å². The molecule has 2 aromatic carbocycles. The van der Waals surface area contributed by atoms with E-state index >= 15 is 0 Å². The maximum atomic E-state index is 13.4. The van der Waals surface area contributed by atoms with E-state index < -0.39 is 0 Å². The number of rotatable bonds is 5. The average molecular weight is 337 g/mol. The fourth-order valence-corrected chi connectivity index (χ4v) is 2.82. The molecule has 0 aliphatic rings. The quantitative estimate of drug-likeness (QED) is 0.647. The molecule has 20 heavy (non-hydrogen) atoms. The van der Waals surface area contributed by atoms with Gasteiger partial charge in [-0.2, -0.15) is 0 Å². The van der Waals surface area contributed by atoms with E-state index in [1.807, 2.05) is 18.2 Å². The monoisotopic (exact) mass is 336 g/mol. The Morgan fingerprint density at radius 1 is 1.20 bits per heavy atom. The van der Waals surface area contributed by atoms with Crippen LogP contribution >= 0.6 is 15.9 Å². The Morgan fingerprint density at radius 3 is 2.60 bits per heavy atom. The molecular weight excluding hydrogens is 319 g/mol. The van der Waals surface area contributed by atoms with Crippen LogP contribution in [0.1, 0.15) is 16.7 Å². The van der Waals surface area contributed by atoms with Gasteiger partial charge in [-0.25, -0.2) is 4.39 Å². The van der Waals surface area contributed by atoms with Gasteiger partial charge in [0.25, 0.3) is 0 Å². The van der Waals surface area contributed by atoms with E-state index in [1.54, 1.807) is 6.07 Å². The normalized spacial score (nSPS) is 12.4. The van der Waals surface area contributed by atoms with Gasteiger partial charge in [-0.3, -0.25) is 11.3 Å². The molecule has 0 radical (unpaired) electrons. The summed E-state index contributed by atoms with van der Waals surface area (Å²) in [6, 6.07) is 13.2. The van der Waals surface area contributed by atoms with Crippen molar-refractivity contribution in [3.8, 4) is 0 Å². The second-order valence-corrected chi connectivity index (χ2v) is 5.89. The number of nitrogens with two attached hydrogens (primary N) is 1. The highest BCUT2D eigenvalue weighted by molar-refractivity contribution is 9.10. The lowest BCUT2D eigenvalue weighted by Crippen LogP contribution is -2.38. The highest BCUT2D eigenvalue weighted by atomic mass is 79.9. The Hall–Kier alpha value is -1.23. The zero-order chi connectivity index (χ0) is 14.5. The van der Waals surface area contributed by atoms with E-state index in [2.05, 4.69) is 40.4 Å². The molecule has 0 aliphatic carbocycles. The smallest absolute Gasteiger partial charge is 0.124 e. The van der Waals surface area contributed by atoms with Crippen molar-refractivity contribution in [3.63, 3.8) is 0 Å². The van der Waals surface area contributed by atoms with Crippen molar-refractivity contribution in [2.24, 2.45) is 5.84 Å². The largest absolute Gasteiger partial charge is 0.271 e. The minimum absolute atomic E-state index is 0.0739. The van der Waals surface area contributed by atoms with Crippen LogP contribution in [0.25, 0.3) is 0 Å². The van der Waals surface area contributed by atoms with Crippen LogP contribution in [0.15, 0.2) is 46.9 Å². The number of aryl methyl sites for hydroxylation is 1. The summed E-state index contributed by atoms with van der Waals surface area (Å²) in [4.78, 5) is 0. The molecule has 0 fully saturated rings. The molecule has 0 saturated heterocycles. The van der Waals surface area contributed by atoms with Crippen molar-refractivity contribution in [2.75, 3.05) is 0 Å². The number of benzene rings is 2. The highest BCUT2D eigenvalue weighted by Gasteiger charge is 2.11. The predicted octanol–water partition coefficient (Wildman–Crippen LogP) is 3.51. The summed E-state index contributed by atoms with van der Waals surface area (Å²) >= 11 is 3.31. The molecule has 4 heteroatoms. The van der Waals surface area contributed by atoms with Gasteiger partial charge in [-0.1, -0.05) is 40.2 Å². The number of halogens is 2. The van der Waals surface area contributed by atoms with Gasteiger partial charge in [0.1, 0.15) is 5.82 Å². The Balaban J connectivity index is 2.11. The van der Waals surface area contributed by atoms with Crippen LogP contribution in [0.5, 0.6) is 0 Å². The summed E-state index contributed by atoms with van der Waals surface area (Å²) in [6.07, 6.45) is 1.50. The zero-order valence-electron chi connectivity index (χ0n) is 11.4. The molecule has 1 atom stereocenters. The second-order valence-electron chi connectivity index (χ2n) is 4.98. The molecule has 106 valence electrons. The van der Waals surface area contributed by atoms with Crippen LogP contribution in [0.2, 0.25) is 0 Å². The molecule has 0 aliphatic heterocycles. The number of hydrogen-bond acceptors (Lipinski definition) is 2. The number of nitrogens with one attached hydrogen (secondary N) is 1. The molecule has 0 spiro atoms. The Bertz CT molecular complexity index is 566. The molecular formula is C16H18BrFN2. The first kappa shape index (κ1) is 15.2. The summed E-state index contributed by atoms with van der Waals surface area (Å²) in [6.45, 7) is 2.09. The van der Waals surface area contributed by atoms with Crippen molar-refractivity contribution in [2.45, 2.75) is 25.8 Å². The number of hydrazine groups is 1. The molecule has 3 N–H and O–H groups in total. The molecule has 0 bridgehead atoms. The van der Waals surface area contributed by atoms with Crippen molar-refractivity contribution in [3.05, 3.63) is 69.4 Å². The first-order chi connectivity index (χ1) is 9.58. The van der Waals surface area contributed by atoms with Crippen molar-refractivity contribution >= 4 is 15.9 Å². The van der Waals surface area contributed by atoms with Gasteiger partial charge < -0.3 is 0 Å². The van der Waals surface area contributed by atoms with Gasteiger partial charge in [0.15, 0.2) is 0 Å². The van der Waals surface area contributed by atoms with Crippen molar-refractivity contribution in [1.82, 2.24) is 5.43 Å². The Morgan fingerprint density at radius 2 is 1.95 bits per heavy atom. The fourth-order valence-electron chi connectivity index (χ4n) is 2.31. The van der Waals surface area contributed by atoms with Gasteiger partial charge in [0.05, 0.1) is 0 Å². The maximum absolute atomic E-state index is 13.4. The highest BCUT2D eigenvalue weighted by Crippen LogP contribution is 2.18. The predicted molar refractivity (Wildman–Crippen MR) is 83.8 cm³/mol. The van der Waals surface area contributed by atoms with E-state index in [-0.39, 0.29) is 11.9 Å². The van der Waals surface area contributed by atoms with Crippen molar-refractivity contribution in [1.29, 1.82) is 0 Å². The van der Waals surface area contributed by atoms with Gasteiger partial charge in [-0.05, 0) is 54.7 Å². The summed E-state index contributed by atoms with van der Waals surface area (Å²) in [5.74, 6) is 5.40. The van der Waals surface area contributed by atoms with E-state index in [4.69, 9.17) is 5.84 Å². The first-order valence-electron chi connectivity index (χ1n) is 6.54. The molecule has 1 unspecified atom stereocenters. The van der Waals surface area contributed by atoms with Crippen LogP contribution in [0, 0.1) is 12.7 Å². The third-order valence-corrected chi connectivity index (χ3v) is 3.83. The maximum Gasteiger partial charge on any atom is 0.124 e. The lowest BCUT2D eigenvalue weighted by molar-refractivity contribution is 0.519. The number of hydrogen-bond donors (Lipinski definition) is 2. The molecule has 0 heterocycles. The van der Waals surface area contributed by atoms with Gasteiger partial charge in [0, 0.05) is 10.5 Å².